The lowest BCUT2D eigenvalue weighted by atomic mass is 10.0. The van der Waals surface area contributed by atoms with Crippen molar-refractivity contribution in [1.29, 1.82) is 0 Å². The fourth-order valence-corrected chi connectivity index (χ4v) is 3.99. The summed E-state index contributed by atoms with van der Waals surface area (Å²) in [6.45, 7) is 3.75. The maximum Gasteiger partial charge on any atom is 0.416 e. The summed E-state index contributed by atoms with van der Waals surface area (Å²) in [5.74, 6) is -0.861. The molecule has 162 valence electrons. The van der Waals surface area contributed by atoms with Crippen molar-refractivity contribution in [3.8, 4) is 0 Å². The second kappa shape index (κ2) is 7.83. The predicted molar refractivity (Wildman–Crippen MR) is 110 cm³/mol. The average molecular weight is 429 g/mol. The Bertz CT molecular complexity index is 1190. The zero-order valence-electron chi connectivity index (χ0n) is 17.1. The van der Waals surface area contributed by atoms with E-state index in [9.17, 15) is 22.8 Å². The summed E-state index contributed by atoms with van der Waals surface area (Å²) < 4.78 is 40.1. The van der Waals surface area contributed by atoms with Crippen LogP contribution < -0.4 is 5.56 Å². The number of rotatable bonds is 5. The molecule has 1 saturated carbocycles. The topological polar surface area (TPSA) is 66.1 Å². The lowest BCUT2D eigenvalue weighted by Crippen LogP contribution is -2.38. The molecule has 0 aliphatic heterocycles. The van der Waals surface area contributed by atoms with Crippen molar-refractivity contribution in [2.75, 3.05) is 0 Å². The molecule has 1 amide bonds. The molecule has 4 rings (SSSR count). The minimum atomic E-state index is -4.46. The molecule has 1 aliphatic rings. The van der Waals surface area contributed by atoms with Crippen LogP contribution in [0, 0.1) is 5.92 Å². The molecule has 1 heterocycles. The van der Waals surface area contributed by atoms with E-state index in [1.54, 1.807) is 35.2 Å². The van der Waals surface area contributed by atoms with Crippen LogP contribution in [-0.2, 0) is 17.5 Å². The Morgan fingerprint density at radius 1 is 1.16 bits per heavy atom. The number of para-hydroxylation sites is 1. The van der Waals surface area contributed by atoms with Gasteiger partial charge in [-0.05, 0) is 49.9 Å². The third kappa shape index (κ3) is 4.19. The number of hydrogen-bond donors (Lipinski definition) is 1. The largest absolute Gasteiger partial charge is 0.416 e. The molecular formula is C23H22F3N3O2. The molecule has 2 atom stereocenters. The molecule has 3 aromatic rings. The molecule has 31 heavy (non-hydrogen) atoms. The van der Waals surface area contributed by atoms with Crippen molar-refractivity contribution >= 4 is 16.8 Å². The highest BCUT2D eigenvalue weighted by molar-refractivity contribution is 5.83. The SMILES string of the molecule is CC(C)N(Cc1nc2ccccc2c(=O)[nH]1)C(=O)C1CC1c1ccccc1C(F)(F)F. The van der Waals surface area contributed by atoms with E-state index in [0.717, 1.165) is 6.07 Å². The number of aromatic nitrogens is 2. The van der Waals surface area contributed by atoms with Gasteiger partial charge >= 0.3 is 6.18 Å². The summed E-state index contributed by atoms with van der Waals surface area (Å²) in [5, 5.41) is 0.458. The molecule has 1 fully saturated rings. The number of H-pyrrole nitrogens is 1. The molecule has 0 spiro atoms. The number of nitrogens with zero attached hydrogens (tertiary/aromatic N) is 2. The monoisotopic (exact) mass is 429 g/mol. The smallest absolute Gasteiger partial charge is 0.333 e. The number of hydrogen-bond acceptors (Lipinski definition) is 3. The van der Waals surface area contributed by atoms with Crippen LogP contribution in [-0.4, -0.2) is 26.8 Å². The van der Waals surface area contributed by atoms with Gasteiger partial charge in [0, 0.05) is 12.0 Å². The van der Waals surface area contributed by atoms with Crippen LogP contribution in [0.5, 0.6) is 0 Å². The molecule has 0 radical (unpaired) electrons. The number of halogens is 3. The van der Waals surface area contributed by atoms with Crippen molar-refractivity contribution in [2.24, 2.45) is 5.92 Å². The van der Waals surface area contributed by atoms with Crippen molar-refractivity contribution in [3.63, 3.8) is 0 Å². The van der Waals surface area contributed by atoms with Gasteiger partial charge in [0.25, 0.3) is 5.56 Å². The summed E-state index contributed by atoms with van der Waals surface area (Å²) >= 11 is 0. The van der Waals surface area contributed by atoms with E-state index in [4.69, 9.17) is 0 Å². The van der Waals surface area contributed by atoms with Crippen LogP contribution in [0.3, 0.4) is 0 Å². The first-order valence-electron chi connectivity index (χ1n) is 10.1. The fourth-order valence-electron chi connectivity index (χ4n) is 3.99. The standard InChI is InChI=1S/C23H22F3N3O2/c1-13(2)29(12-20-27-19-10-6-4-8-15(19)21(30)28-20)22(31)17-11-16(17)14-7-3-5-9-18(14)23(24,25)26/h3-10,13,16-17H,11-12H2,1-2H3,(H,27,28,30). The van der Waals surface area contributed by atoms with E-state index < -0.39 is 23.6 Å². The minimum absolute atomic E-state index is 0.0840. The Labute approximate surface area is 176 Å². The van der Waals surface area contributed by atoms with Gasteiger partial charge in [-0.3, -0.25) is 9.59 Å². The fraction of sp³-hybridized carbons (Fsp3) is 0.348. The Hall–Kier alpha value is -3.16. The van der Waals surface area contributed by atoms with E-state index in [1.807, 2.05) is 13.8 Å². The van der Waals surface area contributed by atoms with Crippen molar-refractivity contribution in [1.82, 2.24) is 14.9 Å². The van der Waals surface area contributed by atoms with Crippen molar-refractivity contribution in [3.05, 3.63) is 75.8 Å². The molecule has 1 aromatic heterocycles. The lowest BCUT2D eigenvalue weighted by Gasteiger charge is -2.27. The van der Waals surface area contributed by atoms with Crippen LogP contribution in [0.25, 0.3) is 10.9 Å². The first-order chi connectivity index (χ1) is 14.7. The van der Waals surface area contributed by atoms with E-state index in [0.29, 0.717) is 23.1 Å². The Morgan fingerprint density at radius 3 is 2.55 bits per heavy atom. The molecule has 1 aliphatic carbocycles. The minimum Gasteiger partial charge on any atom is -0.333 e. The van der Waals surface area contributed by atoms with Gasteiger partial charge < -0.3 is 9.88 Å². The van der Waals surface area contributed by atoms with E-state index in [2.05, 4.69) is 9.97 Å². The van der Waals surface area contributed by atoms with Gasteiger partial charge in [-0.15, -0.1) is 0 Å². The van der Waals surface area contributed by atoms with Gasteiger partial charge in [-0.2, -0.15) is 13.2 Å². The zero-order chi connectivity index (χ0) is 22.3. The van der Waals surface area contributed by atoms with E-state index in [1.165, 1.54) is 12.1 Å². The highest BCUT2D eigenvalue weighted by Crippen LogP contribution is 2.52. The summed E-state index contributed by atoms with van der Waals surface area (Å²) in [7, 11) is 0. The summed E-state index contributed by atoms with van der Waals surface area (Å²) in [4.78, 5) is 34.2. The molecule has 5 nitrogen and oxygen atoms in total. The highest BCUT2D eigenvalue weighted by atomic mass is 19.4. The second-order valence-corrected chi connectivity index (χ2v) is 8.12. The number of fused-ring (bicyclic) bond motifs is 1. The van der Waals surface area contributed by atoms with Crippen LogP contribution in [0.4, 0.5) is 13.2 Å². The van der Waals surface area contributed by atoms with E-state index in [-0.39, 0.29) is 29.6 Å². The second-order valence-electron chi connectivity index (χ2n) is 8.12. The van der Waals surface area contributed by atoms with Crippen LogP contribution in [0.1, 0.15) is 43.1 Å². The quantitative estimate of drug-likeness (QED) is 0.650. The highest BCUT2D eigenvalue weighted by Gasteiger charge is 2.49. The number of amides is 1. The van der Waals surface area contributed by atoms with Crippen molar-refractivity contribution < 1.29 is 18.0 Å². The maximum atomic E-state index is 13.4. The number of aromatic amines is 1. The maximum absolute atomic E-state index is 13.4. The summed E-state index contributed by atoms with van der Waals surface area (Å²) in [6.07, 6.45) is -4.09. The van der Waals surface area contributed by atoms with E-state index >= 15 is 0 Å². The third-order valence-corrected chi connectivity index (χ3v) is 5.66. The van der Waals surface area contributed by atoms with Gasteiger partial charge in [0.1, 0.15) is 5.82 Å². The lowest BCUT2D eigenvalue weighted by molar-refractivity contribution is -0.139. The Morgan fingerprint density at radius 2 is 1.84 bits per heavy atom. The summed E-state index contributed by atoms with van der Waals surface area (Å²) in [6, 6.07) is 12.1. The third-order valence-electron chi connectivity index (χ3n) is 5.66. The molecule has 1 N–H and O–H groups in total. The van der Waals surface area contributed by atoms with Crippen LogP contribution >= 0.6 is 0 Å². The van der Waals surface area contributed by atoms with Gasteiger partial charge in [0.15, 0.2) is 0 Å². The molecule has 8 heteroatoms. The molecule has 0 bridgehead atoms. The average Bonchev–Trinajstić information content (AvgIpc) is 3.51. The first-order valence-corrected chi connectivity index (χ1v) is 10.1. The van der Waals surface area contributed by atoms with Crippen LogP contribution in [0.2, 0.25) is 0 Å². The number of alkyl halides is 3. The number of carbonyl (C=O) groups is 1. The Kier molecular flexibility index (Phi) is 5.33. The Balaban J connectivity index is 1.57. The summed E-state index contributed by atoms with van der Waals surface area (Å²) in [5.41, 5.74) is -0.290. The number of carbonyl (C=O) groups excluding carboxylic acids is 1. The predicted octanol–water partition coefficient (Wildman–Crippen LogP) is 4.48. The van der Waals surface area contributed by atoms with Gasteiger partial charge in [0.05, 0.1) is 23.0 Å². The number of benzene rings is 2. The molecule has 2 unspecified atom stereocenters. The number of nitrogens with one attached hydrogen (secondary N) is 1. The van der Waals surface area contributed by atoms with Crippen LogP contribution in [0.15, 0.2) is 53.3 Å². The molecule has 0 saturated heterocycles. The molecular weight excluding hydrogens is 407 g/mol. The zero-order valence-corrected chi connectivity index (χ0v) is 17.1. The van der Waals surface area contributed by atoms with Crippen molar-refractivity contribution in [2.45, 2.75) is 44.9 Å². The van der Waals surface area contributed by atoms with Gasteiger partial charge in [0.2, 0.25) is 5.91 Å². The molecule has 2 aromatic carbocycles. The van der Waals surface area contributed by atoms with Gasteiger partial charge in [-0.25, -0.2) is 4.98 Å². The normalized spacial score (nSPS) is 18.4. The first kappa shape index (κ1) is 21.1. The van der Waals surface area contributed by atoms with Gasteiger partial charge in [-0.1, -0.05) is 30.3 Å².